The molecule has 1 N–H and O–H groups in total. The number of carbonyl (C=O) groups excluding carboxylic acids is 1. The number of ether oxygens (including phenoxy) is 1. The number of rotatable bonds is 9. The molecule has 168 valence electrons. The highest BCUT2D eigenvalue weighted by molar-refractivity contribution is 5.68. The van der Waals surface area contributed by atoms with Gasteiger partial charge in [0.2, 0.25) is 0 Å². The van der Waals surface area contributed by atoms with Crippen molar-refractivity contribution in [3.63, 3.8) is 0 Å². The van der Waals surface area contributed by atoms with Crippen molar-refractivity contribution in [1.82, 2.24) is 9.80 Å². The maximum atomic E-state index is 13.8. The summed E-state index contributed by atoms with van der Waals surface area (Å²) in [5.41, 5.74) is 1.35. The fraction of sp³-hybridized carbons (Fsp3) is 0.652. The summed E-state index contributed by atoms with van der Waals surface area (Å²) < 4.78 is 20.0. The van der Waals surface area contributed by atoms with Gasteiger partial charge >= 0.3 is 12.1 Å². The first kappa shape index (κ1) is 24.1. The molecule has 2 rings (SSSR count). The Labute approximate surface area is 179 Å². The molecule has 0 bridgehead atoms. The van der Waals surface area contributed by atoms with Gasteiger partial charge in [0.05, 0.1) is 0 Å². The SMILES string of the molecule is CC(C)[C@H]1c2ccc(F)cc2CC[C@@]1(CCN(C)CCCC(=O)O)OC(=O)N(C)C. The van der Waals surface area contributed by atoms with Crippen LogP contribution in [-0.4, -0.2) is 66.8 Å². The molecule has 1 aromatic carbocycles. The van der Waals surface area contributed by atoms with E-state index in [1.165, 1.54) is 11.0 Å². The predicted molar refractivity (Wildman–Crippen MR) is 114 cm³/mol. The molecule has 0 aromatic heterocycles. The van der Waals surface area contributed by atoms with Crippen molar-refractivity contribution >= 4 is 12.1 Å². The minimum absolute atomic E-state index is 0.0434. The number of aliphatic carboxylic acids is 1. The van der Waals surface area contributed by atoms with E-state index >= 15 is 0 Å². The number of nitrogens with zero attached hydrogens (tertiary/aromatic N) is 2. The minimum atomic E-state index is -0.796. The third-order valence-corrected chi connectivity index (χ3v) is 5.99. The van der Waals surface area contributed by atoms with Gasteiger partial charge in [-0.3, -0.25) is 4.79 Å². The number of hydrogen-bond donors (Lipinski definition) is 1. The molecule has 0 aliphatic heterocycles. The number of amides is 1. The Morgan fingerprint density at radius 1 is 1.27 bits per heavy atom. The number of benzene rings is 1. The molecule has 0 heterocycles. The lowest BCUT2D eigenvalue weighted by atomic mass is 9.65. The molecular formula is C23H35FN2O4. The highest BCUT2D eigenvalue weighted by Gasteiger charge is 2.48. The number of aryl methyl sites for hydroxylation is 1. The second-order valence-electron chi connectivity index (χ2n) is 8.94. The van der Waals surface area contributed by atoms with Crippen LogP contribution in [0, 0.1) is 11.7 Å². The molecule has 1 aromatic rings. The summed E-state index contributed by atoms with van der Waals surface area (Å²) >= 11 is 0. The van der Waals surface area contributed by atoms with Gasteiger partial charge in [0.15, 0.2) is 0 Å². The quantitative estimate of drug-likeness (QED) is 0.648. The minimum Gasteiger partial charge on any atom is -0.481 e. The number of fused-ring (bicyclic) bond motifs is 1. The van der Waals surface area contributed by atoms with Crippen LogP contribution in [0.1, 0.15) is 56.6 Å². The average molecular weight is 423 g/mol. The zero-order valence-electron chi connectivity index (χ0n) is 18.8. The molecular weight excluding hydrogens is 387 g/mol. The van der Waals surface area contributed by atoms with Gasteiger partial charge in [-0.2, -0.15) is 0 Å². The number of carboxylic acids is 1. The monoisotopic (exact) mass is 422 g/mol. The molecule has 6 nitrogen and oxygen atoms in total. The lowest BCUT2D eigenvalue weighted by Gasteiger charge is -2.47. The van der Waals surface area contributed by atoms with Crippen LogP contribution in [0.5, 0.6) is 0 Å². The highest BCUT2D eigenvalue weighted by Crippen LogP contribution is 2.48. The standard InChI is InChI=1S/C23H35FN2O4/c1-16(2)21-19-9-8-18(24)15-17(19)10-11-23(21,30-22(29)25(3)4)12-14-26(5)13-6-7-20(27)28/h8-9,15-16,21H,6-7,10-14H2,1-5H3,(H,27,28)/t21-,23-/m0/s1. The number of carboxylic acid groups (broad SMARTS) is 1. The Kier molecular flexibility index (Phi) is 8.24. The Balaban J connectivity index is 2.29. The van der Waals surface area contributed by atoms with Gasteiger partial charge < -0.3 is 19.6 Å². The van der Waals surface area contributed by atoms with Crippen LogP contribution >= 0.6 is 0 Å². The van der Waals surface area contributed by atoms with E-state index in [0.29, 0.717) is 38.8 Å². The predicted octanol–water partition coefficient (Wildman–Crippen LogP) is 4.14. The maximum Gasteiger partial charge on any atom is 0.409 e. The third kappa shape index (κ3) is 5.94. The topological polar surface area (TPSA) is 70.1 Å². The van der Waals surface area contributed by atoms with Crippen molar-refractivity contribution in [3.05, 3.63) is 35.1 Å². The molecule has 0 radical (unpaired) electrons. The fourth-order valence-electron chi connectivity index (χ4n) is 4.55. The lowest BCUT2D eigenvalue weighted by Crippen LogP contribution is -2.50. The molecule has 0 spiro atoms. The molecule has 0 unspecified atom stereocenters. The normalized spacial score (nSPS) is 20.9. The molecule has 0 saturated carbocycles. The van der Waals surface area contributed by atoms with Crippen LogP contribution in [0.2, 0.25) is 0 Å². The molecule has 2 atom stereocenters. The van der Waals surface area contributed by atoms with Crippen molar-refractivity contribution in [2.75, 3.05) is 34.2 Å². The summed E-state index contributed by atoms with van der Waals surface area (Å²) in [6.45, 7) is 5.56. The van der Waals surface area contributed by atoms with E-state index < -0.39 is 11.6 Å². The number of halogens is 1. The van der Waals surface area contributed by atoms with Crippen molar-refractivity contribution in [2.45, 2.75) is 57.5 Å². The van der Waals surface area contributed by atoms with E-state index in [1.807, 2.05) is 13.1 Å². The van der Waals surface area contributed by atoms with E-state index in [-0.39, 0.29) is 30.2 Å². The molecule has 1 amide bonds. The Bertz CT molecular complexity index is 753. The molecule has 1 aliphatic carbocycles. The summed E-state index contributed by atoms with van der Waals surface area (Å²) in [6.07, 6.45) is 2.26. The van der Waals surface area contributed by atoms with E-state index in [1.54, 1.807) is 20.2 Å². The first-order chi connectivity index (χ1) is 14.1. The highest BCUT2D eigenvalue weighted by atomic mass is 19.1. The van der Waals surface area contributed by atoms with Gasteiger partial charge in [-0.15, -0.1) is 0 Å². The van der Waals surface area contributed by atoms with Crippen LogP contribution in [0.3, 0.4) is 0 Å². The van der Waals surface area contributed by atoms with Gasteiger partial charge in [-0.25, -0.2) is 9.18 Å². The second kappa shape index (κ2) is 10.2. The summed E-state index contributed by atoms with van der Waals surface area (Å²) in [5, 5.41) is 8.85. The summed E-state index contributed by atoms with van der Waals surface area (Å²) in [7, 11) is 5.30. The third-order valence-electron chi connectivity index (χ3n) is 5.99. The van der Waals surface area contributed by atoms with Gasteiger partial charge in [0, 0.05) is 39.4 Å². The second-order valence-corrected chi connectivity index (χ2v) is 8.94. The maximum absolute atomic E-state index is 13.8. The summed E-state index contributed by atoms with van der Waals surface area (Å²) in [6, 6.07) is 4.92. The van der Waals surface area contributed by atoms with E-state index in [4.69, 9.17) is 9.84 Å². The van der Waals surface area contributed by atoms with Crippen molar-refractivity contribution in [2.24, 2.45) is 5.92 Å². The molecule has 7 heteroatoms. The Morgan fingerprint density at radius 2 is 1.97 bits per heavy atom. The average Bonchev–Trinajstić information content (AvgIpc) is 2.65. The van der Waals surface area contributed by atoms with Crippen molar-refractivity contribution < 1.29 is 23.8 Å². The van der Waals surface area contributed by atoms with Gasteiger partial charge in [0.1, 0.15) is 11.4 Å². The van der Waals surface area contributed by atoms with Gasteiger partial charge in [-0.05, 0) is 62.0 Å². The number of hydrogen-bond acceptors (Lipinski definition) is 4. The molecule has 30 heavy (non-hydrogen) atoms. The zero-order chi connectivity index (χ0) is 22.5. The molecule has 0 saturated heterocycles. The van der Waals surface area contributed by atoms with Crippen LogP contribution in [0.25, 0.3) is 0 Å². The zero-order valence-corrected chi connectivity index (χ0v) is 18.8. The van der Waals surface area contributed by atoms with Crippen LogP contribution in [0.15, 0.2) is 18.2 Å². The molecule has 0 fully saturated rings. The largest absolute Gasteiger partial charge is 0.481 e. The summed E-state index contributed by atoms with van der Waals surface area (Å²) in [5.74, 6) is -0.886. The van der Waals surface area contributed by atoms with E-state index in [9.17, 15) is 14.0 Å². The first-order valence-corrected chi connectivity index (χ1v) is 10.6. The van der Waals surface area contributed by atoms with Crippen LogP contribution in [0.4, 0.5) is 9.18 Å². The van der Waals surface area contributed by atoms with Crippen molar-refractivity contribution in [1.29, 1.82) is 0 Å². The Hall–Kier alpha value is -2.15. The van der Waals surface area contributed by atoms with Crippen LogP contribution in [-0.2, 0) is 16.0 Å². The fourth-order valence-corrected chi connectivity index (χ4v) is 4.55. The lowest BCUT2D eigenvalue weighted by molar-refractivity contribution is -0.137. The number of carbonyl (C=O) groups is 2. The van der Waals surface area contributed by atoms with E-state index in [2.05, 4.69) is 18.7 Å². The van der Waals surface area contributed by atoms with Gasteiger partial charge in [0.25, 0.3) is 0 Å². The molecule has 1 aliphatic rings. The van der Waals surface area contributed by atoms with Crippen LogP contribution < -0.4 is 0 Å². The van der Waals surface area contributed by atoms with Crippen molar-refractivity contribution in [3.8, 4) is 0 Å². The smallest absolute Gasteiger partial charge is 0.409 e. The Morgan fingerprint density at radius 3 is 2.57 bits per heavy atom. The van der Waals surface area contributed by atoms with Gasteiger partial charge in [-0.1, -0.05) is 19.9 Å². The first-order valence-electron chi connectivity index (χ1n) is 10.6. The van der Waals surface area contributed by atoms with E-state index in [0.717, 1.165) is 11.1 Å². The summed E-state index contributed by atoms with van der Waals surface area (Å²) in [4.78, 5) is 26.9.